The summed E-state index contributed by atoms with van der Waals surface area (Å²) >= 11 is 0. The number of carbonyl (C=O) groups excluding carboxylic acids is 6. The van der Waals surface area contributed by atoms with Gasteiger partial charge in [0.1, 0.15) is 24.7 Å². The Morgan fingerprint density at radius 2 is 1.50 bits per heavy atom. The van der Waals surface area contributed by atoms with Crippen molar-refractivity contribution in [3.8, 4) is 11.1 Å². The number of aromatic nitrogens is 1. The largest absolute Gasteiger partial charge is 0.449 e. The zero-order valence-electron chi connectivity index (χ0n) is 36.6. The number of ketones is 1. The Morgan fingerprint density at radius 3 is 2.20 bits per heavy atom. The van der Waals surface area contributed by atoms with E-state index in [1.165, 1.54) is 4.90 Å². The fraction of sp³-hybridized carbons (Fsp3) is 0.438. The maximum absolute atomic E-state index is 14.5. The molecular weight excluding hydrogens is 815 g/mol. The highest BCUT2D eigenvalue weighted by Crippen LogP contribution is 2.44. The van der Waals surface area contributed by atoms with Gasteiger partial charge in [0.2, 0.25) is 23.6 Å². The first-order valence-electron chi connectivity index (χ1n) is 22.4. The van der Waals surface area contributed by atoms with E-state index < -0.39 is 65.6 Å². The number of hydrogen-bond acceptors (Lipinski definition) is 8. The van der Waals surface area contributed by atoms with Gasteiger partial charge in [-0.05, 0) is 72.4 Å². The number of aliphatic imine (C=N–C) groups is 1. The van der Waals surface area contributed by atoms with Gasteiger partial charge in [-0.15, -0.1) is 0 Å². The average molecular weight is 876 g/mol. The van der Waals surface area contributed by atoms with Gasteiger partial charge in [-0.25, -0.2) is 4.79 Å². The minimum Gasteiger partial charge on any atom is -0.449 e. The third-order valence-corrected chi connectivity index (χ3v) is 12.3. The molecule has 340 valence electrons. The Morgan fingerprint density at radius 1 is 0.828 bits per heavy atom. The van der Waals surface area contributed by atoms with Crippen LogP contribution in [0.4, 0.5) is 4.79 Å². The van der Waals surface area contributed by atoms with Crippen LogP contribution in [0, 0.1) is 5.92 Å². The van der Waals surface area contributed by atoms with Gasteiger partial charge in [0, 0.05) is 54.9 Å². The molecule has 0 spiro atoms. The molecule has 3 heterocycles. The van der Waals surface area contributed by atoms with E-state index in [1.54, 1.807) is 6.20 Å². The molecule has 5 atom stereocenters. The Kier molecular flexibility index (Phi) is 16.1. The molecule has 16 heteroatoms. The van der Waals surface area contributed by atoms with E-state index in [1.807, 2.05) is 86.6 Å². The van der Waals surface area contributed by atoms with Crippen molar-refractivity contribution >= 4 is 52.4 Å². The van der Waals surface area contributed by atoms with Crippen LogP contribution < -0.4 is 33.2 Å². The lowest BCUT2D eigenvalue weighted by Gasteiger charge is -2.30. The van der Waals surface area contributed by atoms with Crippen LogP contribution in [0.5, 0.6) is 0 Å². The zero-order chi connectivity index (χ0) is 45.8. The molecule has 2 aliphatic heterocycles. The first kappa shape index (κ1) is 46.8. The SMILES string of the molecule is CC.NC(=O)[C@@H]1CCCC[C@H](NC(=O)OCC2c3ccccc3-c3ccccc32)C(=O)N2CCCC2C(=O)N[C@@H](Cc2c[nH]c3ccccc23)C(=O)C[C@@H](CCCN=C(N)N)C(=O)N1. The minimum atomic E-state index is -1.08. The summed E-state index contributed by atoms with van der Waals surface area (Å²) < 4.78 is 5.83. The number of nitrogens with two attached hydrogens (primary N) is 3. The number of nitrogens with one attached hydrogen (secondary N) is 4. The molecule has 1 unspecified atom stereocenters. The predicted molar refractivity (Wildman–Crippen MR) is 245 cm³/mol. The van der Waals surface area contributed by atoms with E-state index in [9.17, 15) is 28.8 Å². The molecule has 7 rings (SSSR count). The molecule has 3 aromatic carbocycles. The van der Waals surface area contributed by atoms with Crippen LogP contribution in [0.15, 0.2) is 84.0 Å². The van der Waals surface area contributed by atoms with E-state index in [0.29, 0.717) is 32.1 Å². The van der Waals surface area contributed by atoms with Crippen molar-refractivity contribution < 1.29 is 33.5 Å². The maximum atomic E-state index is 14.5. The van der Waals surface area contributed by atoms with Gasteiger partial charge >= 0.3 is 6.09 Å². The van der Waals surface area contributed by atoms with Gasteiger partial charge in [-0.2, -0.15) is 0 Å². The topological polar surface area (TPSA) is 257 Å². The number of ether oxygens (including phenoxy) is 1. The second kappa shape index (κ2) is 22.1. The average Bonchev–Trinajstić information content (AvgIpc) is 4.03. The molecule has 3 aliphatic rings. The van der Waals surface area contributed by atoms with Crippen LogP contribution in [-0.4, -0.2) is 95.2 Å². The molecule has 64 heavy (non-hydrogen) atoms. The van der Waals surface area contributed by atoms with Crippen LogP contribution >= 0.6 is 0 Å². The van der Waals surface area contributed by atoms with E-state index in [2.05, 4.69) is 25.9 Å². The second-order valence-corrected chi connectivity index (χ2v) is 16.4. The molecule has 4 aromatic rings. The normalized spacial score (nSPS) is 21.8. The van der Waals surface area contributed by atoms with Gasteiger partial charge in [-0.1, -0.05) is 93.4 Å². The number of aromatic amines is 1. The summed E-state index contributed by atoms with van der Waals surface area (Å²) in [5, 5.41) is 9.38. The summed E-state index contributed by atoms with van der Waals surface area (Å²) in [5.74, 6) is -3.87. The van der Waals surface area contributed by atoms with Crippen molar-refractivity contribution in [1.29, 1.82) is 0 Å². The fourth-order valence-corrected chi connectivity index (χ4v) is 9.11. The third-order valence-electron chi connectivity index (χ3n) is 12.3. The van der Waals surface area contributed by atoms with E-state index in [4.69, 9.17) is 21.9 Å². The molecular formula is C48H61N9O7. The van der Waals surface area contributed by atoms with Crippen molar-refractivity contribution in [3.05, 3.63) is 95.7 Å². The van der Waals surface area contributed by atoms with Crippen LogP contribution in [0.3, 0.4) is 0 Å². The van der Waals surface area contributed by atoms with Crippen LogP contribution in [0.2, 0.25) is 0 Å². The lowest BCUT2D eigenvalue weighted by molar-refractivity contribution is -0.141. The van der Waals surface area contributed by atoms with Gasteiger partial charge < -0.3 is 47.8 Å². The molecule has 16 nitrogen and oxygen atoms in total. The monoisotopic (exact) mass is 875 g/mol. The number of hydrogen-bond donors (Lipinski definition) is 7. The molecule has 2 saturated heterocycles. The summed E-state index contributed by atoms with van der Waals surface area (Å²) in [6, 6.07) is 19.4. The summed E-state index contributed by atoms with van der Waals surface area (Å²) in [6.07, 6.45) is 3.32. The lowest BCUT2D eigenvalue weighted by atomic mass is 9.90. The quantitative estimate of drug-likeness (QED) is 0.0680. The predicted octanol–water partition coefficient (Wildman–Crippen LogP) is 4.29. The smallest absolute Gasteiger partial charge is 0.407 e. The standard InChI is InChI=1S/C46H55N9O7.C2H6/c47-41(57)36-18-7-8-19-37(54-46(61)62-26-34-32-15-3-1-13-30(32)31-14-2-4-16-33(31)34)44(60)55-22-10-20-39(55)43(59)53-38(23-28-25-51-35-17-6-5-12-29(28)35)40(56)24-27(42(58)52-36)11-9-21-50-45(48)49;1-2/h1-6,12-17,25,27,34,36-39,51H,7-11,18-24,26H2,(H2,47,57)(H,52,58)(H,53,59)(H,54,61)(H4,48,49,50);1-2H3/t27-,36+,37+,38+,39?;/m1./s1. The van der Waals surface area contributed by atoms with E-state index in [0.717, 1.165) is 38.7 Å². The van der Waals surface area contributed by atoms with Gasteiger partial charge in [0.15, 0.2) is 11.7 Å². The van der Waals surface area contributed by atoms with Gasteiger partial charge in [0.05, 0.1) is 6.04 Å². The van der Waals surface area contributed by atoms with Crippen LogP contribution in [0.25, 0.3) is 22.0 Å². The Labute approximate surface area is 373 Å². The summed E-state index contributed by atoms with van der Waals surface area (Å²) in [4.78, 5) is 92.1. The number of Topliss-reactive ketones (excluding diaryl/α,β-unsaturated/α-hetero) is 1. The summed E-state index contributed by atoms with van der Waals surface area (Å²) in [5.41, 5.74) is 22.7. The molecule has 10 N–H and O–H groups in total. The summed E-state index contributed by atoms with van der Waals surface area (Å²) in [7, 11) is 0. The Balaban J connectivity index is 0.00000335. The fourth-order valence-electron chi connectivity index (χ4n) is 9.11. The van der Waals surface area contributed by atoms with Crippen molar-refractivity contribution in [3.63, 3.8) is 0 Å². The molecule has 1 aliphatic carbocycles. The number of rotatable bonds is 10. The molecule has 0 bridgehead atoms. The Bertz CT molecular complexity index is 2290. The van der Waals surface area contributed by atoms with E-state index >= 15 is 0 Å². The first-order valence-corrected chi connectivity index (χ1v) is 22.4. The number of alkyl carbamates (subject to hydrolysis) is 1. The number of guanidine groups is 1. The minimum absolute atomic E-state index is 0.0383. The highest BCUT2D eigenvalue weighted by atomic mass is 16.5. The van der Waals surface area contributed by atoms with E-state index in [-0.39, 0.29) is 63.7 Å². The Hall–Kier alpha value is -6.71. The molecule has 0 saturated carbocycles. The van der Waals surface area contributed by atoms with Gasteiger partial charge in [0.25, 0.3) is 0 Å². The zero-order valence-corrected chi connectivity index (χ0v) is 36.6. The number of primary amides is 1. The number of carbonyl (C=O) groups is 6. The number of amides is 5. The first-order chi connectivity index (χ1) is 31.0. The number of para-hydroxylation sites is 1. The third kappa shape index (κ3) is 11.3. The molecule has 1 aromatic heterocycles. The second-order valence-electron chi connectivity index (χ2n) is 16.4. The van der Waals surface area contributed by atoms with Crippen molar-refractivity contribution in [2.45, 2.75) is 108 Å². The number of fused-ring (bicyclic) bond motifs is 5. The lowest BCUT2D eigenvalue weighted by Crippen LogP contribution is -2.55. The van der Waals surface area contributed by atoms with Crippen molar-refractivity contribution in [1.82, 2.24) is 25.8 Å². The maximum Gasteiger partial charge on any atom is 0.407 e. The van der Waals surface area contributed by atoms with Crippen LogP contribution in [0.1, 0.15) is 94.2 Å². The van der Waals surface area contributed by atoms with Crippen LogP contribution in [-0.2, 0) is 35.1 Å². The number of nitrogens with zero attached hydrogens (tertiary/aromatic N) is 2. The van der Waals surface area contributed by atoms with Crippen molar-refractivity contribution in [2.75, 3.05) is 19.7 Å². The van der Waals surface area contributed by atoms with Crippen molar-refractivity contribution in [2.24, 2.45) is 28.1 Å². The van der Waals surface area contributed by atoms with Gasteiger partial charge in [-0.3, -0.25) is 29.0 Å². The number of H-pyrrole nitrogens is 1. The number of benzene rings is 3. The molecule has 5 amide bonds. The molecule has 0 radical (unpaired) electrons. The summed E-state index contributed by atoms with van der Waals surface area (Å²) in [6.45, 7) is 4.52. The highest BCUT2D eigenvalue weighted by Gasteiger charge is 2.40. The highest BCUT2D eigenvalue weighted by molar-refractivity contribution is 5.97. The molecule has 2 fully saturated rings.